The number of hydrogen-bond donors (Lipinski definition) is 2. The van der Waals surface area contributed by atoms with Crippen molar-refractivity contribution in [2.24, 2.45) is 0 Å². The highest BCUT2D eigenvalue weighted by atomic mass is 16.5. The molecule has 2 amide bonds. The van der Waals surface area contributed by atoms with Crippen LogP contribution in [0.5, 0.6) is 0 Å². The number of nitrogens with one attached hydrogen (secondary N) is 2. The molecular formula is C13H15N3O3. The van der Waals surface area contributed by atoms with E-state index in [0.717, 1.165) is 0 Å². The zero-order valence-electron chi connectivity index (χ0n) is 10.6. The molecule has 0 saturated carbocycles. The second-order valence-corrected chi connectivity index (χ2v) is 3.75. The summed E-state index contributed by atoms with van der Waals surface area (Å²) in [5, 5.41) is 13.6. The number of hydrogen-bond acceptors (Lipinski definition) is 4. The van der Waals surface area contributed by atoms with Crippen molar-refractivity contribution in [1.82, 2.24) is 5.32 Å². The highest BCUT2D eigenvalue weighted by Gasteiger charge is 2.12. The lowest BCUT2D eigenvalue weighted by Gasteiger charge is -2.06. The Morgan fingerprint density at radius 1 is 1.37 bits per heavy atom. The molecule has 6 nitrogen and oxygen atoms in total. The molecule has 0 unspecified atom stereocenters. The fourth-order valence-electron chi connectivity index (χ4n) is 1.35. The third kappa shape index (κ3) is 5.19. The molecule has 0 aliphatic carbocycles. The lowest BCUT2D eigenvalue weighted by Crippen LogP contribution is -2.36. The predicted molar refractivity (Wildman–Crippen MR) is 69.3 cm³/mol. The summed E-state index contributed by atoms with van der Waals surface area (Å²) in [6.45, 7) is 0.893. The fourth-order valence-corrected chi connectivity index (χ4v) is 1.35. The van der Waals surface area contributed by atoms with E-state index in [-0.39, 0.29) is 0 Å². The maximum Gasteiger partial charge on any atom is 0.313 e. The molecule has 0 atom stereocenters. The molecule has 6 heteroatoms. The highest BCUT2D eigenvalue weighted by molar-refractivity contribution is 6.39. The molecule has 100 valence electrons. The Morgan fingerprint density at radius 3 is 2.84 bits per heavy atom. The van der Waals surface area contributed by atoms with Gasteiger partial charge in [0.2, 0.25) is 0 Å². The molecule has 0 aliphatic rings. The SMILES string of the molecule is COCCCNC(=O)C(=O)Nc1cccc(C#N)c1. The van der Waals surface area contributed by atoms with Gasteiger partial charge in [-0.05, 0) is 24.6 Å². The molecular weight excluding hydrogens is 246 g/mol. The third-order valence-electron chi connectivity index (χ3n) is 2.27. The summed E-state index contributed by atoms with van der Waals surface area (Å²) in [6, 6.07) is 8.30. The van der Waals surface area contributed by atoms with Gasteiger partial charge in [-0.25, -0.2) is 0 Å². The van der Waals surface area contributed by atoms with Gasteiger partial charge in [-0.2, -0.15) is 5.26 Å². The van der Waals surface area contributed by atoms with E-state index in [2.05, 4.69) is 10.6 Å². The van der Waals surface area contributed by atoms with Crippen molar-refractivity contribution in [2.75, 3.05) is 25.6 Å². The normalized spacial score (nSPS) is 9.47. The molecule has 1 aromatic carbocycles. The Kier molecular flexibility index (Phi) is 6.06. The van der Waals surface area contributed by atoms with Gasteiger partial charge in [-0.15, -0.1) is 0 Å². The zero-order valence-corrected chi connectivity index (χ0v) is 10.6. The number of carbonyl (C=O) groups is 2. The minimum Gasteiger partial charge on any atom is -0.385 e. The van der Waals surface area contributed by atoms with Crippen molar-refractivity contribution in [3.05, 3.63) is 29.8 Å². The predicted octanol–water partition coefficient (Wildman–Crippen LogP) is 0.649. The van der Waals surface area contributed by atoms with Gasteiger partial charge < -0.3 is 15.4 Å². The lowest BCUT2D eigenvalue weighted by atomic mass is 10.2. The van der Waals surface area contributed by atoms with Crippen LogP contribution in [-0.2, 0) is 14.3 Å². The van der Waals surface area contributed by atoms with E-state index >= 15 is 0 Å². The van der Waals surface area contributed by atoms with Crippen LogP contribution in [0.1, 0.15) is 12.0 Å². The van der Waals surface area contributed by atoms with Gasteiger partial charge in [0, 0.05) is 25.9 Å². The second-order valence-electron chi connectivity index (χ2n) is 3.75. The second kappa shape index (κ2) is 7.84. The first-order valence-electron chi connectivity index (χ1n) is 5.75. The zero-order chi connectivity index (χ0) is 14.1. The fraction of sp³-hybridized carbons (Fsp3) is 0.308. The van der Waals surface area contributed by atoms with Gasteiger partial charge in [0.1, 0.15) is 0 Å². The smallest absolute Gasteiger partial charge is 0.313 e. The number of rotatable bonds is 5. The van der Waals surface area contributed by atoms with E-state index < -0.39 is 11.8 Å². The first-order chi connectivity index (χ1) is 9.17. The summed E-state index contributed by atoms with van der Waals surface area (Å²) in [6.07, 6.45) is 0.638. The Balaban J connectivity index is 2.45. The topological polar surface area (TPSA) is 91.2 Å². The summed E-state index contributed by atoms with van der Waals surface area (Å²) >= 11 is 0. The Bertz CT molecular complexity index is 494. The van der Waals surface area contributed by atoms with Gasteiger partial charge in [-0.3, -0.25) is 9.59 Å². The summed E-state index contributed by atoms with van der Waals surface area (Å²) in [4.78, 5) is 23.0. The largest absolute Gasteiger partial charge is 0.385 e. The number of benzene rings is 1. The number of nitrogens with zero attached hydrogens (tertiary/aromatic N) is 1. The molecule has 2 N–H and O–H groups in total. The van der Waals surface area contributed by atoms with Crippen molar-refractivity contribution >= 4 is 17.5 Å². The summed E-state index contributed by atoms with van der Waals surface area (Å²) in [5.74, 6) is -1.47. The van der Waals surface area contributed by atoms with E-state index in [9.17, 15) is 9.59 Å². The quantitative estimate of drug-likeness (QED) is 0.601. The molecule has 19 heavy (non-hydrogen) atoms. The van der Waals surface area contributed by atoms with Crippen molar-refractivity contribution in [3.63, 3.8) is 0 Å². The maximum atomic E-state index is 11.5. The lowest BCUT2D eigenvalue weighted by molar-refractivity contribution is -0.136. The number of methoxy groups -OCH3 is 1. The first-order valence-corrected chi connectivity index (χ1v) is 5.75. The van der Waals surface area contributed by atoms with Crippen LogP contribution in [0.4, 0.5) is 5.69 Å². The van der Waals surface area contributed by atoms with E-state index in [1.807, 2.05) is 6.07 Å². The molecule has 0 saturated heterocycles. The Labute approximate surface area is 111 Å². The molecule has 0 aliphatic heterocycles. The van der Waals surface area contributed by atoms with E-state index in [1.54, 1.807) is 25.3 Å². The van der Waals surface area contributed by atoms with Crippen LogP contribution >= 0.6 is 0 Å². The van der Waals surface area contributed by atoms with Gasteiger partial charge in [-0.1, -0.05) is 6.07 Å². The Morgan fingerprint density at radius 2 is 2.16 bits per heavy atom. The van der Waals surface area contributed by atoms with Gasteiger partial charge in [0.15, 0.2) is 0 Å². The molecule has 0 spiro atoms. The van der Waals surface area contributed by atoms with Gasteiger partial charge >= 0.3 is 11.8 Å². The number of carbonyl (C=O) groups excluding carboxylic acids is 2. The van der Waals surface area contributed by atoms with Crippen LogP contribution in [-0.4, -0.2) is 32.1 Å². The average molecular weight is 261 g/mol. The third-order valence-corrected chi connectivity index (χ3v) is 2.27. The molecule has 0 fully saturated rings. The van der Waals surface area contributed by atoms with Crippen molar-refractivity contribution < 1.29 is 14.3 Å². The average Bonchev–Trinajstić information content (AvgIpc) is 2.43. The number of anilines is 1. The van der Waals surface area contributed by atoms with Crippen molar-refractivity contribution in [3.8, 4) is 6.07 Å². The van der Waals surface area contributed by atoms with Crippen molar-refractivity contribution in [1.29, 1.82) is 5.26 Å². The minimum absolute atomic E-state index is 0.373. The van der Waals surface area contributed by atoms with Crippen LogP contribution in [0.2, 0.25) is 0 Å². The van der Waals surface area contributed by atoms with E-state index in [0.29, 0.717) is 30.8 Å². The standard InChI is InChI=1S/C13H15N3O3/c1-19-7-3-6-15-12(17)13(18)16-11-5-2-4-10(8-11)9-14/h2,4-5,8H,3,6-7H2,1H3,(H,15,17)(H,16,18). The number of amides is 2. The van der Waals surface area contributed by atoms with E-state index in [4.69, 9.17) is 10.00 Å². The van der Waals surface area contributed by atoms with Crippen molar-refractivity contribution in [2.45, 2.75) is 6.42 Å². The monoisotopic (exact) mass is 261 g/mol. The van der Waals surface area contributed by atoms with Gasteiger partial charge in [0.25, 0.3) is 0 Å². The van der Waals surface area contributed by atoms with Crippen LogP contribution in [0.3, 0.4) is 0 Å². The molecule has 0 bridgehead atoms. The van der Waals surface area contributed by atoms with E-state index in [1.165, 1.54) is 6.07 Å². The first kappa shape index (κ1) is 14.7. The van der Waals surface area contributed by atoms with Crippen LogP contribution in [0.25, 0.3) is 0 Å². The maximum absolute atomic E-state index is 11.5. The van der Waals surface area contributed by atoms with Crippen LogP contribution in [0, 0.1) is 11.3 Å². The van der Waals surface area contributed by atoms with Crippen LogP contribution < -0.4 is 10.6 Å². The Hall–Kier alpha value is -2.39. The summed E-state index contributed by atoms with van der Waals surface area (Å²) in [5.41, 5.74) is 0.828. The molecule has 1 aromatic rings. The highest BCUT2D eigenvalue weighted by Crippen LogP contribution is 2.09. The summed E-state index contributed by atoms with van der Waals surface area (Å²) in [7, 11) is 1.57. The minimum atomic E-state index is -0.757. The number of nitriles is 1. The summed E-state index contributed by atoms with van der Waals surface area (Å²) < 4.78 is 4.82. The van der Waals surface area contributed by atoms with Crippen LogP contribution in [0.15, 0.2) is 24.3 Å². The molecule has 0 radical (unpaired) electrons. The molecule has 0 heterocycles. The number of ether oxygens (including phenoxy) is 1. The van der Waals surface area contributed by atoms with Gasteiger partial charge in [0.05, 0.1) is 11.6 Å². The molecule has 1 rings (SSSR count). The molecule has 0 aromatic heterocycles.